The summed E-state index contributed by atoms with van der Waals surface area (Å²) >= 11 is 0. The first-order chi connectivity index (χ1) is 18.7. The summed E-state index contributed by atoms with van der Waals surface area (Å²) in [6.45, 7) is 2.49. The molecule has 3 rings (SSSR count). The van der Waals surface area contributed by atoms with Crippen LogP contribution in [0.3, 0.4) is 0 Å². The number of alkyl halides is 2. The van der Waals surface area contributed by atoms with Crippen molar-refractivity contribution in [1.29, 1.82) is 0 Å². The normalized spacial score (nSPS) is 18.3. The van der Waals surface area contributed by atoms with Gasteiger partial charge in [0.25, 0.3) is 0 Å². The van der Waals surface area contributed by atoms with Gasteiger partial charge in [0.2, 0.25) is 5.92 Å². The second kappa shape index (κ2) is 14.6. The Morgan fingerprint density at radius 2 is 1.87 bits per heavy atom. The average Bonchev–Trinajstić information content (AvgIpc) is 2.91. The second-order valence-electron chi connectivity index (χ2n) is 10.5. The zero-order valence-electron chi connectivity index (χ0n) is 23.3. The fourth-order valence-electron chi connectivity index (χ4n) is 5.40. The average molecular weight is 548 g/mol. The number of piperidine rings is 1. The molecule has 0 aliphatic carbocycles. The number of amides is 2. The first-order valence-electron chi connectivity index (χ1n) is 13.8. The van der Waals surface area contributed by atoms with Crippen LogP contribution < -0.4 is 15.4 Å². The Labute approximate surface area is 230 Å². The zero-order valence-corrected chi connectivity index (χ0v) is 23.3. The third kappa shape index (κ3) is 9.15. The summed E-state index contributed by atoms with van der Waals surface area (Å²) in [7, 11) is 3.32. The van der Waals surface area contributed by atoms with E-state index in [0.717, 1.165) is 26.2 Å². The monoisotopic (exact) mass is 547 g/mol. The lowest BCUT2D eigenvalue weighted by Gasteiger charge is -2.43. The van der Waals surface area contributed by atoms with Crippen LogP contribution in [0.2, 0.25) is 0 Å². The van der Waals surface area contributed by atoms with E-state index in [1.807, 2.05) is 54.6 Å². The fourth-order valence-corrected chi connectivity index (χ4v) is 5.40. The molecule has 9 heteroatoms. The van der Waals surface area contributed by atoms with Gasteiger partial charge in [-0.25, -0.2) is 13.6 Å². The van der Waals surface area contributed by atoms with Gasteiger partial charge in [-0.2, -0.15) is 0 Å². The van der Waals surface area contributed by atoms with Crippen molar-refractivity contribution in [3.63, 3.8) is 0 Å². The summed E-state index contributed by atoms with van der Waals surface area (Å²) in [5, 5.41) is 18.1. The molecule has 1 aliphatic heterocycles. The summed E-state index contributed by atoms with van der Waals surface area (Å²) in [5.41, 5.74) is -0.587. The number of likely N-dealkylation sites (N-methyl/N-ethyl adjacent to an activating group) is 1. The summed E-state index contributed by atoms with van der Waals surface area (Å²) in [6.07, 6.45) is 2.94. The molecule has 7 nitrogen and oxygen atoms in total. The first-order valence-corrected chi connectivity index (χ1v) is 13.8. The highest BCUT2D eigenvalue weighted by Gasteiger charge is 2.43. The van der Waals surface area contributed by atoms with Crippen LogP contribution in [-0.4, -0.2) is 68.4 Å². The van der Waals surface area contributed by atoms with Crippen LogP contribution >= 0.6 is 0 Å². The van der Waals surface area contributed by atoms with E-state index < -0.39 is 24.0 Å². The fraction of sp³-hybridized carbons (Fsp3) is 0.567. The molecular weight excluding hydrogens is 504 g/mol. The van der Waals surface area contributed by atoms with Crippen molar-refractivity contribution in [3.8, 4) is 11.5 Å². The minimum absolute atomic E-state index is 0.236. The first kappa shape index (κ1) is 30.8. The van der Waals surface area contributed by atoms with Crippen molar-refractivity contribution in [2.75, 3.05) is 40.4 Å². The molecule has 2 aromatic rings. The van der Waals surface area contributed by atoms with E-state index in [1.54, 1.807) is 19.1 Å². The maximum Gasteiger partial charge on any atom is 0.317 e. The number of benzene rings is 2. The van der Waals surface area contributed by atoms with Crippen LogP contribution in [0, 0.1) is 5.92 Å². The van der Waals surface area contributed by atoms with Gasteiger partial charge in [-0.05, 0) is 64.3 Å². The highest BCUT2D eigenvalue weighted by molar-refractivity contribution is 5.74. The Bertz CT molecular complexity index is 1020. The summed E-state index contributed by atoms with van der Waals surface area (Å²) < 4.78 is 38.9. The molecule has 0 saturated carbocycles. The van der Waals surface area contributed by atoms with Crippen molar-refractivity contribution in [3.05, 3.63) is 60.2 Å². The number of hydrogen-bond donors (Lipinski definition) is 3. The molecule has 0 aromatic heterocycles. The number of nitrogens with one attached hydrogen (secondary N) is 2. The van der Waals surface area contributed by atoms with E-state index in [-0.39, 0.29) is 18.5 Å². The molecule has 0 bridgehead atoms. The van der Waals surface area contributed by atoms with E-state index in [9.17, 15) is 18.7 Å². The molecule has 0 unspecified atom stereocenters. The molecule has 1 heterocycles. The number of urea groups is 1. The van der Waals surface area contributed by atoms with Crippen LogP contribution in [0.1, 0.15) is 51.0 Å². The Morgan fingerprint density at radius 1 is 1.15 bits per heavy atom. The molecule has 2 aromatic carbocycles. The molecule has 3 N–H and O–H groups in total. The minimum atomic E-state index is -2.90. The Morgan fingerprint density at radius 3 is 2.56 bits per heavy atom. The summed E-state index contributed by atoms with van der Waals surface area (Å²) in [4.78, 5) is 14.8. The smallest absolute Gasteiger partial charge is 0.317 e. The zero-order chi connectivity index (χ0) is 28.3. The number of hydrogen-bond acceptors (Lipinski definition) is 5. The van der Waals surface area contributed by atoms with Crippen LogP contribution in [0.25, 0.3) is 0 Å². The Hall–Kier alpha value is -2.75. The largest absolute Gasteiger partial charge is 0.457 e. The van der Waals surface area contributed by atoms with Crippen LogP contribution in [0.15, 0.2) is 54.6 Å². The minimum Gasteiger partial charge on any atom is -0.457 e. The lowest BCUT2D eigenvalue weighted by atomic mass is 9.73. The van der Waals surface area contributed by atoms with Crippen molar-refractivity contribution in [2.24, 2.45) is 5.92 Å². The number of likely N-dealkylation sites (tertiary alicyclic amines) is 1. The Balaban J connectivity index is 1.84. The van der Waals surface area contributed by atoms with Crippen LogP contribution in [-0.2, 0) is 10.3 Å². The molecule has 39 heavy (non-hydrogen) atoms. The standard InChI is InChI=1S/C30H43F2N3O4/c1-29(31,32)20-24(21-33-2)34-28(36)35-18-11-12-23(22-35)30(37,17-9-10-19-38-3)26-15-7-8-16-27(26)39-25-13-5-4-6-14-25/h4-8,13-16,23-24,33,37H,9-12,17-22H2,1-3H3,(H,34,36)/t23-,24+,30+/m1/s1. The lowest BCUT2D eigenvalue weighted by Crippen LogP contribution is -2.54. The van der Waals surface area contributed by atoms with Gasteiger partial charge in [0.15, 0.2) is 0 Å². The number of carbonyl (C=O) groups is 1. The quantitative estimate of drug-likeness (QED) is 0.271. The Kier molecular flexibility index (Phi) is 11.5. The van der Waals surface area contributed by atoms with E-state index in [1.165, 1.54) is 0 Å². The predicted molar refractivity (Wildman–Crippen MR) is 148 cm³/mol. The number of methoxy groups -OCH3 is 1. The van der Waals surface area contributed by atoms with E-state index >= 15 is 0 Å². The molecule has 216 valence electrons. The molecule has 2 amide bonds. The molecule has 3 atom stereocenters. The van der Waals surface area contributed by atoms with Crippen molar-refractivity contribution in [1.82, 2.24) is 15.5 Å². The topological polar surface area (TPSA) is 83.1 Å². The molecule has 0 spiro atoms. The number of nitrogens with zero attached hydrogens (tertiary/aromatic N) is 1. The van der Waals surface area contributed by atoms with Gasteiger partial charge in [-0.1, -0.05) is 36.4 Å². The second-order valence-corrected chi connectivity index (χ2v) is 10.5. The summed E-state index contributed by atoms with van der Waals surface area (Å²) in [6, 6.07) is 15.8. The van der Waals surface area contributed by atoms with E-state index in [0.29, 0.717) is 49.6 Å². The molecular formula is C30H43F2N3O4. The van der Waals surface area contributed by atoms with Gasteiger partial charge < -0.3 is 30.1 Å². The van der Waals surface area contributed by atoms with E-state index in [2.05, 4.69) is 10.6 Å². The number of rotatable bonds is 14. The number of aliphatic hydroxyl groups is 1. The molecule has 1 fully saturated rings. The number of ether oxygens (including phenoxy) is 2. The van der Waals surface area contributed by atoms with Crippen molar-refractivity contribution in [2.45, 2.75) is 63.0 Å². The molecule has 0 radical (unpaired) electrons. The van der Waals surface area contributed by atoms with Gasteiger partial charge >= 0.3 is 6.03 Å². The predicted octanol–water partition coefficient (Wildman–Crippen LogP) is 5.54. The number of unbranched alkanes of at least 4 members (excludes halogenated alkanes) is 1. The van der Waals surface area contributed by atoms with Crippen LogP contribution in [0.4, 0.5) is 13.6 Å². The number of carbonyl (C=O) groups excluding carboxylic acids is 1. The van der Waals surface area contributed by atoms with Gasteiger partial charge in [-0.15, -0.1) is 0 Å². The van der Waals surface area contributed by atoms with Crippen molar-refractivity contribution < 1.29 is 28.2 Å². The molecule has 1 aliphatic rings. The number of para-hydroxylation sites is 2. The lowest BCUT2D eigenvalue weighted by molar-refractivity contribution is -0.0576. The third-order valence-corrected chi connectivity index (χ3v) is 7.25. The van der Waals surface area contributed by atoms with Gasteiger partial charge in [-0.3, -0.25) is 0 Å². The van der Waals surface area contributed by atoms with Gasteiger partial charge in [0.05, 0.1) is 5.60 Å². The SMILES string of the molecule is CNC[C@H](CC(C)(F)F)NC(=O)N1CCC[C@@H]([C@@](O)(CCCCOC)c2ccccc2Oc2ccccc2)C1. The van der Waals surface area contributed by atoms with Gasteiger partial charge in [0.1, 0.15) is 11.5 Å². The maximum absolute atomic E-state index is 13.7. The van der Waals surface area contributed by atoms with E-state index in [4.69, 9.17) is 9.47 Å². The highest BCUT2D eigenvalue weighted by atomic mass is 19.3. The van der Waals surface area contributed by atoms with Gasteiger partial charge in [0, 0.05) is 57.3 Å². The number of halogens is 2. The highest BCUT2D eigenvalue weighted by Crippen LogP contribution is 2.44. The van der Waals surface area contributed by atoms with Crippen molar-refractivity contribution >= 4 is 6.03 Å². The summed E-state index contributed by atoms with van der Waals surface area (Å²) in [5.74, 6) is -1.93. The molecule has 1 saturated heterocycles. The third-order valence-electron chi connectivity index (χ3n) is 7.25. The van der Waals surface area contributed by atoms with Crippen LogP contribution in [0.5, 0.6) is 11.5 Å². The maximum atomic E-state index is 13.7.